The second-order valence-corrected chi connectivity index (χ2v) is 4.71. The van der Waals surface area contributed by atoms with Crippen LogP contribution in [0.2, 0.25) is 0 Å². The molecular formula is C15H16N4O4. The van der Waals surface area contributed by atoms with E-state index >= 15 is 0 Å². The van der Waals surface area contributed by atoms with Crippen molar-refractivity contribution < 1.29 is 18.8 Å². The lowest BCUT2D eigenvalue weighted by molar-refractivity contribution is -0.126. The molecule has 4 N–H and O–H groups in total. The van der Waals surface area contributed by atoms with Gasteiger partial charge in [0.25, 0.3) is 5.91 Å². The fourth-order valence-corrected chi connectivity index (χ4v) is 1.91. The van der Waals surface area contributed by atoms with Crippen LogP contribution in [0.4, 0.5) is 0 Å². The van der Waals surface area contributed by atoms with Gasteiger partial charge >= 0.3 is 0 Å². The number of amides is 3. The Morgan fingerprint density at radius 1 is 1.26 bits per heavy atom. The molecule has 0 fully saturated rings. The van der Waals surface area contributed by atoms with E-state index in [4.69, 9.17) is 10.2 Å². The average Bonchev–Trinajstić information content (AvgIpc) is 3.04. The fraction of sp³-hybridized carbons (Fsp3) is 0.200. The third-order valence-electron chi connectivity index (χ3n) is 3.03. The number of rotatable bonds is 6. The van der Waals surface area contributed by atoms with Gasteiger partial charge in [-0.2, -0.15) is 0 Å². The standard InChI is InChI=1S/C15H16N4O4/c1-17-13(21)10(7-12(16)20)18-14(22)11-8-23-15(19-11)9-5-3-2-4-6-9/h2-6,8,10H,7H2,1H3,(H2,16,20)(H,17,21)(H,18,22)/t10-/m0/s1. The van der Waals surface area contributed by atoms with Crippen LogP contribution in [0.15, 0.2) is 41.0 Å². The molecule has 1 heterocycles. The van der Waals surface area contributed by atoms with Gasteiger partial charge in [0.15, 0.2) is 5.69 Å². The molecule has 2 aromatic rings. The van der Waals surface area contributed by atoms with Gasteiger partial charge in [-0.1, -0.05) is 18.2 Å². The van der Waals surface area contributed by atoms with E-state index in [0.29, 0.717) is 5.56 Å². The first kappa shape index (κ1) is 16.2. The van der Waals surface area contributed by atoms with Crippen LogP contribution >= 0.6 is 0 Å². The molecule has 0 aliphatic rings. The fourth-order valence-electron chi connectivity index (χ4n) is 1.91. The number of primary amides is 1. The molecule has 8 nitrogen and oxygen atoms in total. The number of nitrogens with zero attached hydrogens (tertiary/aromatic N) is 1. The first-order chi connectivity index (χ1) is 11.0. The molecule has 0 aliphatic heterocycles. The second kappa shape index (κ2) is 7.21. The van der Waals surface area contributed by atoms with Crippen molar-refractivity contribution in [3.63, 3.8) is 0 Å². The molecule has 1 atom stereocenters. The van der Waals surface area contributed by atoms with Gasteiger partial charge in [-0.3, -0.25) is 14.4 Å². The van der Waals surface area contributed by atoms with Crippen molar-refractivity contribution in [1.82, 2.24) is 15.6 Å². The number of oxazole rings is 1. The number of nitrogens with two attached hydrogens (primary N) is 1. The molecule has 0 saturated heterocycles. The van der Waals surface area contributed by atoms with Crippen LogP contribution in [0.3, 0.4) is 0 Å². The molecule has 0 spiro atoms. The Bertz CT molecular complexity index is 711. The van der Waals surface area contributed by atoms with Gasteiger partial charge in [-0.15, -0.1) is 0 Å². The highest BCUT2D eigenvalue weighted by Crippen LogP contribution is 2.17. The van der Waals surface area contributed by atoms with Crippen molar-refractivity contribution in [2.24, 2.45) is 5.73 Å². The summed E-state index contributed by atoms with van der Waals surface area (Å²) in [5.74, 6) is -1.58. The van der Waals surface area contributed by atoms with E-state index in [2.05, 4.69) is 15.6 Å². The van der Waals surface area contributed by atoms with Crippen molar-refractivity contribution in [2.75, 3.05) is 7.05 Å². The third kappa shape index (κ3) is 4.16. The normalized spacial score (nSPS) is 11.5. The molecule has 8 heteroatoms. The molecule has 3 amide bonds. The van der Waals surface area contributed by atoms with Crippen molar-refractivity contribution in [3.8, 4) is 11.5 Å². The molecule has 2 rings (SSSR count). The average molecular weight is 316 g/mol. The van der Waals surface area contributed by atoms with E-state index in [1.54, 1.807) is 12.1 Å². The Balaban J connectivity index is 2.12. The van der Waals surface area contributed by atoms with Crippen molar-refractivity contribution in [3.05, 3.63) is 42.3 Å². The maximum atomic E-state index is 12.1. The molecule has 0 aliphatic carbocycles. The summed E-state index contributed by atoms with van der Waals surface area (Å²) in [6.07, 6.45) is 0.873. The molecule has 120 valence electrons. The molecule has 1 aromatic heterocycles. The molecule has 0 radical (unpaired) electrons. The number of hydrogen-bond acceptors (Lipinski definition) is 5. The molecule has 23 heavy (non-hydrogen) atoms. The molecule has 0 saturated carbocycles. The number of carbonyl (C=O) groups is 3. The van der Waals surface area contributed by atoms with Gasteiger partial charge in [0, 0.05) is 12.6 Å². The topological polar surface area (TPSA) is 127 Å². The van der Waals surface area contributed by atoms with E-state index in [-0.39, 0.29) is 18.0 Å². The lowest BCUT2D eigenvalue weighted by atomic mass is 10.2. The first-order valence-electron chi connectivity index (χ1n) is 6.83. The Morgan fingerprint density at radius 2 is 1.96 bits per heavy atom. The van der Waals surface area contributed by atoms with E-state index in [0.717, 1.165) is 0 Å². The Hall–Kier alpha value is -3.16. The number of aromatic nitrogens is 1. The van der Waals surface area contributed by atoms with Crippen molar-refractivity contribution >= 4 is 17.7 Å². The van der Waals surface area contributed by atoms with Crippen molar-refractivity contribution in [1.29, 1.82) is 0 Å². The largest absolute Gasteiger partial charge is 0.444 e. The highest BCUT2D eigenvalue weighted by Gasteiger charge is 2.24. The summed E-state index contributed by atoms with van der Waals surface area (Å²) in [6.45, 7) is 0. The minimum Gasteiger partial charge on any atom is -0.444 e. The number of hydrogen-bond donors (Lipinski definition) is 3. The van der Waals surface area contributed by atoms with Crippen LogP contribution in [0.25, 0.3) is 11.5 Å². The van der Waals surface area contributed by atoms with Crippen LogP contribution in [0.1, 0.15) is 16.9 Å². The Morgan fingerprint density at radius 3 is 2.57 bits per heavy atom. The highest BCUT2D eigenvalue weighted by atomic mass is 16.3. The van der Waals surface area contributed by atoms with E-state index in [9.17, 15) is 14.4 Å². The lowest BCUT2D eigenvalue weighted by Crippen LogP contribution is -2.47. The molecule has 0 bridgehead atoms. The minimum absolute atomic E-state index is 0.00206. The quantitative estimate of drug-likeness (QED) is 0.694. The first-order valence-corrected chi connectivity index (χ1v) is 6.83. The summed E-state index contributed by atoms with van der Waals surface area (Å²) in [5, 5.41) is 4.76. The third-order valence-corrected chi connectivity index (χ3v) is 3.03. The predicted octanol–water partition coefficient (Wildman–Crippen LogP) is 0.0614. The van der Waals surface area contributed by atoms with Crippen LogP contribution < -0.4 is 16.4 Å². The minimum atomic E-state index is -1.07. The van der Waals surface area contributed by atoms with E-state index in [1.807, 2.05) is 18.2 Å². The van der Waals surface area contributed by atoms with Gasteiger partial charge in [0.2, 0.25) is 17.7 Å². The van der Waals surface area contributed by atoms with Crippen molar-refractivity contribution in [2.45, 2.75) is 12.5 Å². The van der Waals surface area contributed by atoms with Gasteiger partial charge in [-0.25, -0.2) is 4.98 Å². The number of benzene rings is 1. The van der Waals surface area contributed by atoms with Gasteiger partial charge < -0.3 is 20.8 Å². The SMILES string of the molecule is CNC(=O)[C@H](CC(N)=O)NC(=O)c1coc(-c2ccccc2)n1. The molecular weight excluding hydrogens is 300 g/mol. The maximum absolute atomic E-state index is 12.1. The summed E-state index contributed by atoms with van der Waals surface area (Å²) in [7, 11) is 1.39. The van der Waals surface area contributed by atoms with E-state index < -0.39 is 23.8 Å². The van der Waals surface area contributed by atoms with Crippen LogP contribution in [0.5, 0.6) is 0 Å². The van der Waals surface area contributed by atoms with Crippen LogP contribution in [0, 0.1) is 0 Å². The van der Waals surface area contributed by atoms with E-state index in [1.165, 1.54) is 13.3 Å². The Kier molecular flexibility index (Phi) is 5.08. The summed E-state index contributed by atoms with van der Waals surface area (Å²) < 4.78 is 5.26. The number of likely N-dealkylation sites (N-methyl/N-ethyl adjacent to an activating group) is 1. The zero-order valence-electron chi connectivity index (χ0n) is 12.4. The van der Waals surface area contributed by atoms with Crippen LogP contribution in [-0.2, 0) is 9.59 Å². The van der Waals surface area contributed by atoms with Gasteiger partial charge in [0.1, 0.15) is 12.3 Å². The Labute approximate surface area is 132 Å². The monoisotopic (exact) mass is 316 g/mol. The van der Waals surface area contributed by atoms with Crippen LogP contribution in [-0.4, -0.2) is 35.8 Å². The zero-order chi connectivity index (χ0) is 16.8. The lowest BCUT2D eigenvalue weighted by Gasteiger charge is -2.14. The highest BCUT2D eigenvalue weighted by molar-refractivity contribution is 5.97. The second-order valence-electron chi connectivity index (χ2n) is 4.71. The summed E-state index contributed by atoms with van der Waals surface area (Å²) in [4.78, 5) is 38.9. The summed E-state index contributed by atoms with van der Waals surface area (Å²) >= 11 is 0. The number of nitrogens with one attached hydrogen (secondary N) is 2. The number of carbonyl (C=O) groups excluding carboxylic acids is 3. The maximum Gasteiger partial charge on any atom is 0.273 e. The summed E-state index contributed by atoms with van der Waals surface area (Å²) in [6, 6.07) is 7.98. The molecule has 0 unspecified atom stereocenters. The predicted molar refractivity (Wildman–Crippen MR) is 81.1 cm³/mol. The summed E-state index contributed by atoms with van der Waals surface area (Å²) in [5.41, 5.74) is 5.79. The molecule has 1 aromatic carbocycles. The smallest absolute Gasteiger partial charge is 0.273 e. The zero-order valence-corrected chi connectivity index (χ0v) is 12.4. The van der Waals surface area contributed by atoms with Gasteiger partial charge in [-0.05, 0) is 12.1 Å². The van der Waals surface area contributed by atoms with Gasteiger partial charge in [0.05, 0.1) is 6.42 Å².